The van der Waals surface area contributed by atoms with Crippen molar-refractivity contribution >= 4 is 17.9 Å². The Balaban J connectivity index is 4.06. The Morgan fingerprint density at radius 3 is 0.988 bits per heavy atom. The van der Waals surface area contributed by atoms with Crippen molar-refractivity contribution in [1.82, 2.24) is 0 Å². The van der Waals surface area contributed by atoms with Crippen LogP contribution in [-0.4, -0.2) is 87.4 Å². The fourth-order valence-electron chi connectivity index (χ4n) is 10.5. The van der Waals surface area contributed by atoms with Gasteiger partial charge in [0.25, 0.3) is 6.29 Å². The topological polar surface area (TPSA) is 108 Å². The first-order valence-electron chi connectivity index (χ1n) is 35.2. The van der Waals surface area contributed by atoms with Crippen LogP contribution < -0.4 is 0 Å². The largest absolute Gasteiger partial charge is 0.477 e. The van der Waals surface area contributed by atoms with Gasteiger partial charge in [-0.1, -0.05) is 301 Å². The van der Waals surface area contributed by atoms with Gasteiger partial charge in [-0.05, 0) is 70.6 Å². The molecule has 0 aromatic rings. The summed E-state index contributed by atoms with van der Waals surface area (Å²) < 4.78 is 23.0. The van der Waals surface area contributed by atoms with Gasteiger partial charge in [0.2, 0.25) is 0 Å². The average molecular weight is 1140 g/mol. The molecule has 0 saturated carbocycles. The molecule has 1 N–H and O–H groups in total. The zero-order valence-electron chi connectivity index (χ0n) is 54.5. The minimum atomic E-state index is -1.51. The molecule has 0 bridgehead atoms. The molecule has 0 aliphatic heterocycles. The van der Waals surface area contributed by atoms with Crippen LogP contribution in [0, 0.1) is 0 Å². The molecule has 0 rings (SSSR count). The summed E-state index contributed by atoms with van der Waals surface area (Å²) in [5, 5.41) is 9.74. The molecule has 0 aromatic carbocycles. The lowest BCUT2D eigenvalue weighted by atomic mass is 10.0. The highest BCUT2D eigenvalue weighted by molar-refractivity contribution is 5.71. The molecule has 0 aromatic heterocycles. The van der Waals surface area contributed by atoms with E-state index in [0.29, 0.717) is 17.4 Å². The number of unbranched alkanes of at least 4 members (excludes halogenated alkanes) is 45. The number of rotatable bonds is 66. The highest BCUT2D eigenvalue weighted by atomic mass is 16.7. The van der Waals surface area contributed by atoms with Crippen LogP contribution in [0.3, 0.4) is 0 Å². The van der Waals surface area contributed by atoms with E-state index in [0.717, 1.165) is 44.9 Å². The number of quaternary nitrogens is 1. The maximum Gasteiger partial charge on any atom is 0.361 e. The molecule has 0 aliphatic carbocycles. The minimum Gasteiger partial charge on any atom is -0.477 e. The number of carboxylic acids is 1. The maximum atomic E-state index is 12.9. The van der Waals surface area contributed by atoms with Crippen molar-refractivity contribution in [2.45, 2.75) is 360 Å². The number of likely N-dealkylation sites (N-methyl/N-ethyl adjacent to an activating group) is 1. The molecule has 2 unspecified atom stereocenters. The molecule has 476 valence electrons. The van der Waals surface area contributed by atoms with E-state index in [-0.39, 0.29) is 38.2 Å². The number of esters is 2. The van der Waals surface area contributed by atoms with E-state index >= 15 is 0 Å². The first-order valence-corrected chi connectivity index (χ1v) is 35.2. The molecule has 0 aliphatic rings. The Hall–Kier alpha value is -2.49. The molecule has 81 heavy (non-hydrogen) atoms. The van der Waals surface area contributed by atoms with Gasteiger partial charge in [-0.2, -0.15) is 0 Å². The number of nitrogens with zero attached hydrogens (tertiary/aromatic N) is 1. The van der Waals surface area contributed by atoms with Gasteiger partial charge < -0.3 is 28.5 Å². The summed E-state index contributed by atoms with van der Waals surface area (Å²) in [5.41, 5.74) is 0. The normalized spacial score (nSPS) is 12.9. The van der Waals surface area contributed by atoms with Crippen LogP contribution in [0.1, 0.15) is 348 Å². The van der Waals surface area contributed by atoms with Gasteiger partial charge in [0, 0.05) is 12.8 Å². The quantitative estimate of drug-likeness (QED) is 0.0211. The van der Waals surface area contributed by atoms with Crippen molar-refractivity contribution in [3.63, 3.8) is 0 Å². The number of hydrogen-bond donors (Lipinski definition) is 1. The van der Waals surface area contributed by atoms with E-state index < -0.39 is 18.4 Å². The van der Waals surface area contributed by atoms with Crippen LogP contribution in [-0.2, 0) is 33.3 Å². The van der Waals surface area contributed by atoms with Crippen molar-refractivity contribution < 1.29 is 42.9 Å². The molecule has 0 amide bonds. The van der Waals surface area contributed by atoms with Gasteiger partial charge in [-0.3, -0.25) is 9.59 Å². The van der Waals surface area contributed by atoms with Crippen molar-refractivity contribution in [1.29, 1.82) is 0 Å². The monoisotopic (exact) mass is 1140 g/mol. The van der Waals surface area contributed by atoms with Gasteiger partial charge in [-0.15, -0.1) is 0 Å². The number of aliphatic carboxylic acids is 1. The van der Waals surface area contributed by atoms with Crippen LogP contribution in [0.2, 0.25) is 0 Å². The Labute approximate surface area is 502 Å². The van der Waals surface area contributed by atoms with Crippen LogP contribution in [0.15, 0.2) is 36.5 Å². The first-order chi connectivity index (χ1) is 39.6. The number of ether oxygens (including phenoxy) is 4. The zero-order valence-corrected chi connectivity index (χ0v) is 54.5. The van der Waals surface area contributed by atoms with Crippen LogP contribution in [0.5, 0.6) is 0 Å². The Bertz CT molecular complexity index is 1420. The lowest BCUT2D eigenvalue weighted by molar-refractivity contribution is -0.870. The summed E-state index contributed by atoms with van der Waals surface area (Å²) in [6.07, 6.45) is 76.9. The van der Waals surface area contributed by atoms with Crippen LogP contribution in [0.25, 0.3) is 0 Å². The maximum absolute atomic E-state index is 12.9. The van der Waals surface area contributed by atoms with E-state index in [1.165, 1.54) is 276 Å². The summed E-state index contributed by atoms with van der Waals surface area (Å²) in [6, 6.07) is 0. The van der Waals surface area contributed by atoms with Crippen LogP contribution in [0.4, 0.5) is 0 Å². The molecular formula is C72H136NO8+. The van der Waals surface area contributed by atoms with Crippen molar-refractivity contribution in [3.8, 4) is 0 Å². The van der Waals surface area contributed by atoms with E-state index in [2.05, 4.69) is 50.3 Å². The standard InChI is InChI=1S/C72H135NO8/c1-6-8-10-12-14-16-18-20-22-24-26-28-30-32-33-34-35-36-37-39-40-42-44-46-48-50-52-54-56-58-60-62-69(74)79-66-68(67-80-72(71(76)77)78-65-64-73(3,4)5)81-70(75)63-61-59-57-55-53-51-49-47-45-43-41-38-31-29-27-25-23-21-19-17-15-13-11-9-7-2/h19,21,24-27,68,72H,6-18,20,22-23,28-67H2,1-5H3/p+1/b21-19-,26-24-,27-25-. The summed E-state index contributed by atoms with van der Waals surface area (Å²) >= 11 is 0. The average Bonchev–Trinajstić information content (AvgIpc) is 3.44. The Morgan fingerprint density at radius 2 is 0.667 bits per heavy atom. The van der Waals surface area contributed by atoms with E-state index in [1.807, 2.05) is 21.1 Å². The molecule has 9 heteroatoms. The Morgan fingerprint density at radius 1 is 0.370 bits per heavy atom. The number of hydrogen-bond acceptors (Lipinski definition) is 7. The predicted molar refractivity (Wildman–Crippen MR) is 346 cm³/mol. The van der Waals surface area contributed by atoms with Gasteiger partial charge in [0.1, 0.15) is 13.2 Å². The third kappa shape index (κ3) is 64.9. The van der Waals surface area contributed by atoms with Gasteiger partial charge in [-0.25, -0.2) is 4.79 Å². The molecule has 0 heterocycles. The highest BCUT2D eigenvalue weighted by Gasteiger charge is 2.25. The van der Waals surface area contributed by atoms with Crippen molar-refractivity contribution in [2.24, 2.45) is 0 Å². The second-order valence-electron chi connectivity index (χ2n) is 25.2. The molecule has 0 saturated heterocycles. The number of allylic oxidation sites excluding steroid dienone is 6. The summed E-state index contributed by atoms with van der Waals surface area (Å²) in [7, 11) is 5.99. The van der Waals surface area contributed by atoms with Gasteiger partial charge in [0.15, 0.2) is 6.10 Å². The third-order valence-corrected chi connectivity index (χ3v) is 15.9. The second kappa shape index (κ2) is 63.5. The molecule has 0 fully saturated rings. The third-order valence-electron chi connectivity index (χ3n) is 15.9. The molecule has 9 nitrogen and oxygen atoms in total. The van der Waals surface area contributed by atoms with Crippen molar-refractivity contribution in [2.75, 3.05) is 47.5 Å². The molecule has 2 atom stereocenters. The Kier molecular flexibility index (Phi) is 61.6. The number of carbonyl (C=O) groups excluding carboxylic acids is 2. The molecule has 0 spiro atoms. The highest BCUT2D eigenvalue weighted by Crippen LogP contribution is 2.18. The smallest absolute Gasteiger partial charge is 0.361 e. The van der Waals surface area contributed by atoms with Gasteiger partial charge >= 0.3 is 17.9 Å². The van der Waals surface area contributed by atoms with Gasteiger partial charge in [0.05, 0.1) is 34.4 Å². The fourth-order valence-corrected chi connectivity index (χ4v) is 10.5. The van der Waals surface area contributed by atoms with Crippen molar-refractivity contribution in [3.05, 3.63) is 36.5 Å². The number of carbonyl (C=O) groups is 3. The molecular weight excluding hydrogens is 1010 g/mol. The first kappa shape index (κ1) is 78.5. The lowest BCUT2D eigenvalue weighted by Gasteiger charge is -2.25. The van der Waals surface area contributed by atoms with E-state index in [4.69, 9.17) is 18.9 Å². The SMILES string of the molecule is CCCCCCC/C=C\C/C=C\CCCCCCCCCCCCCCCC(=O)OC(COC(=O)CCCCCCCCCCCCCCCCCCCCC/C=C\CCCCCCCCCC)COC(OCC[N+](C)(C)C)C(=O)O. The molecule has 0 radical (unpaired) electrons. The van der Waals surface area contributed by atoms with E-state index in [9.17, 15) is 19.5 Å². The summed E-state index contributed by atoms with van der Waals surface area (Å²) in [5.74, 6) is -1.98. The minimum absolute atomic E-state index is 0.177. The van der Waals surface area contributed by atoms with Crippen LogP contribution >= 0.6 is 0 Å². The van der Waals surface area contributed by atoms with E-state index in [1.54, 1.807) is 0 Å². The zero-order chi connectivity index (χ0) is 59.1. The number of carboxylic acid groups (broad SMARTS) is 1. The predicted octanol–water partition coefficient (Wildman–Crippen LogP) is 21.6. The summed E-state index contributed by atoms with van der Waals surface area (Å²) in [4.78, 5) is 37.6. The summed E-state index contributed by atoms with van der Waals surface area (Å²) in [6.45, 7) is 4.93. The lowest BCUT2D eigenvalue weighted by Crippen LogP contribution is -2.40. The second-order valence-corrected chi connectivity index (χ2v) is 25.2. The fraction of sp³-hybridized carbons (Fsp3) is 0.875.